The summed E-state index contributed by atoms with van der Waals surface area (Å²) < 4.78 is 0. The zero-order valence-corrected chi connectivity index (χ0v) is 11.1. The average molecular weight is 232 g/mol. The number of likely N-dealkylation sites (N-methyl/N-ethyl adjacent to an activating group) is 1. The summed E-state index contributed by atoms with van der Waals surface area (Å²) >= 11 is 0. The van der Waals surface area contributed by atoms with Crippen LogP contribution < -0.4 is 10.2 Å². The first kappa shape index (κ1) is 12.4. The number of nitrogens with zero attached hydrogens (tertiary/aromatic N) is 1. The molecule has 0 heterocycles. The van der Waals surface area contributed by atoms with Gasteiger partial charge in [0.1, 0.15) is 0 Å². The van der Waals surface area contributed by atoms with E-state index in [-0.39, 0.29) is 0 Å². The summed E-state index contributed by atoms with van der Waals surface area (Å²) in [6, 6.07) is 8.90. The van der Waals surface area contributed by atoms with Crippen molar-refractivity contribution in [3.63, 3.8) is 0 Å². The number of aryl methyl sites for hydroxylation is 1. The third kappa shape index (κ3) is 4.04. The summed E-state index contributed by atoms with van der Waals surface area (Å²) in [5.41, 5.74) is 2.73. The molecular formula is C15H24N2. The predicted molar refractivity (Wildman–Crippen MR) is 74.7 cm³/mol. The highest BCUT2D eigenvalue weighted by Gasteiger charge is 2.19. The Labute approximate surface area is 105 Å². The van der Waals surface area contributed by atoms with Gasteiger partial charge in [0.05, 0.1) is 0 Å². The monoisotopic (exact) mass is 232 g/mol. The molecule has 0 saturated heterocycles. The molecule has 0 radical (unpaired) electrons. The highest BCUT2D eigenvalue weighted by atomic mass is 15.1. The number of nitrogens with one attached hydrogen (secondary N) is 1. The summed E-state index contributed by atoms with van der Waals surface area (Å²) in [7, 11) is 2.17. The summed E-state index contributed by atoms with van der Waals surface area (Å²) in [5, 5.41) is 3.53. The zero-order valence-electron chi connectivity index (χ0n) is 11.1. The van der Waals surface area contributed by atoms with Gasteiger partial charge in [0.2, 0.25) is 0 Å². The number of anilines is 1. The Hall–Kier alpha value is -1.02. The van der Waals surface area contributed by atoms with Gasteiger partial charge in [-0.1, -0.05) is 19.1 Å². The highest BCUT2D eigenvalue weighted by Crippen LogP contribution is 2.27. The fourth-order valence-electron chi connectivity index (χ4n) is 1.99. The van der Waals surface area contributed by atoms with Crippen LogP contribution in [0.4, 0.5) is 5.69 Å². The van der Waals surface area contributed by atoms with Gasteiger partial charge in [-0.2, -0.15) is 0 Å². The fraction of sp³-hybridized carbons (Fsp3) is 0.600. The van der Waals surface area contributed by atoms with E-state index in [0.717, 1.165) is 25.4 Å². The van der Waals surface area contributed by atoms with E-state index in [0.29, 0.717) is 0 Å². The lowest BCUT2D eigenvalue weighted by Gasteiger charge is -2.19. The van der Waals surface area contributed by atoms with Crippen molar-refractivity contribution in [2.45, 2.75) is 26.2 Å². The van der Waals surface area contributed by atoms with Gasteiger partial charge in [0, 0.05) is 25.8 Å². The van der Waals surface area contributed by atoms with Crippen molar-refractivity contribution in [1.82, 2.24) is 5.32 Å². The molecule has 0 bridgehead atoms. The molecule has 0 spiro atoms. The van der Waals surface area contributed by atoms with E-state index in [4.69, 9.17) is 0 Å². The predicted octanol–water partition coefficient (Wildman–Crippen LogP) is 2.68. The van der Waals surface area contributed by atoms with Crippen molar-refractivity contribution in [1.29, 1.82) is 0 Å². The van der Waals surface area contributed by atoms with Crippen LogP contribution in [0.3, 0.4) is 0 Å². The third-order valence-electron chi connectivity index (χ3n) is 3.54. The van der Waals surface area contributed by atoms with E-state index < -0.39 is 0 Å². The van der Waals surface area contributed by atoms with Crippen LogP contribution in [-0.2, 0) is 6.42 Å². The van der Waals surface area contributed by atoms with Crippen LogP contribution in [0.25, 0.3) is 0 Å². The molecular weight excluding hydrogens is 208 g/mol. The van der Waals surface area contributed by atoms with Crippen molar-refractivity contribution >= 4 is 5.69 Å². The van der Waals surface area contributed by atoms with Crippen LogP contribution in [0, 0.1) is 5.92 Å². The lowest BCUT2D eigenvalue weighted by molar-refractivity contribution is 0.634. The molecule has 0 atom stereocenters. The van der Waals surface area contributed by atoms with Crippen LogP contribution in [0.1, 0.15) is 25.3 Å². The fourth-order valence-corrected chi connectivity index (χ4v) is 1.99. The van der Waals surface area contributed by atoms with Gasteiger partial charge < -0.3 is 10.2 Å². The molecule has 1 N–H and O–H groups in total. The van der Waals surface area contributed by atoms with Gasteiger partial charge in [-0.05, 0) is 49.4 Å². The van der Waals surface area contributed by atoms with E-state index in [9.17, 15) is 0 Å². The Bertz CT molecular complexity index is 327. The summed E-state index contributed by atoms with van der Waals surface area (Å²) in [6.45, 7) is 5.57. The second kappa shape index (κ2) is 6.06. The molecule has 0 amide bonds. The molecule has 1 fully saturated rings. The Morgan fingerprint density at radius 1 is 1.24 bits per heavy atom. The second-order valence-corrected chi connectivity index (χ2v) is 5.09. The van der Waals surface area contributed by atoms with Gasteiger partial charge in [0.25, 0.3) is 0 Å². The molecule has 1 aliphatic rings. The minimum Gasteiger partial charge on any atom is -0.373 e. The summed E-state index contributed by atoms with van der Waals surface area (Å²) in [4.78, 5) is 2.32. The zero-order chi connectivity index (χ0) is 12.1. The topological polar surface area (TPSA) is 15.3 Å². The number of hydrogen-bond acceptors (Lipinski definition) is 2. The standard InChI is InChI=1S/C15H24N2/c1-3-13-6-8-15(9-7-13)17(2)11-10-16-12-14-4-5-14/h6-9,14,16H,3-5,10-12H2,1-2H3. The first-order chi connectivity index (χ1) is 8.29. The molecule has 2 nitrogen and oxygen atoms in total. The first-order valence-corrected chi connectivity index (χ1v) is 6.80. The molecule has 17 heavy (non-hydrogen) atoms. The quantitative estimate of drug-likeness (QED) is 0.727. The van der Waals surface area contributed by atoms with Gasteiger partial charge in [-0.3, -0.25) is 0 Å². The maximum absolute atomic E-state index is 3.53. The van der Waals surface area contributed by atoms with Gasteiger partial charge in [-0.25, -0.2) is 0 Å². The summed E-state index contributed by atoms with van der Waals surface area (Å²) in [6.07, 6.45) is 3.98. The van der Waals surface area contributed by atoms with Gasteiger partial charge >= 0.3 is 0 Å². The van der Waals surface area contributed by atoms with Crippen molar-refractivity contribution in [3.8, 4) is 0 Å². The van der Waals surface area contributed by atoms with Gasteiger partial charge in [-0.15, -0.1) is 0 Å². The van der Waals surface area contributed by atoms with E-state index in [1.165, 1.54) is 30.6 Å². The van der Waals surface area contributed by atoms with Crippen LogP contribution in [0.5, 0.6) is 0 Å². The molecule has 1 aromatic carbocycles. The van der Waals surface area contributed by atoms with Gasteiger partial charge in [0.15, 0.2) is 0 Å². The lowest BCUT2D eigenvalue weighted by atomic mass is 10.1. The maximum Gasteiger partial charge on any atom is 0.0364 e. The van der Waals surface area contributed by atoms with E-state index in [1.54, 1.807) is 0 Å². The van der Waals surface area contributed by atoms with Crippen LogP contribution >= 0.6 is 0 Å². The van der Waals surface area contributed by atoms with E-state index in [2.05, 4.69) is 48.5 Å². The minimum absolute atomic E-state index is 0.976. The van der Waals surface area contributed by atoms with Crippen molar-refractivity contribution in [2.75, 3.05) is 31.6 Å². The van der Waals surface area contributed by atoms with E-state index in [1.807, 2.05) is 0 Å². The molecule has 1 aromatic rings. The molecule has 0 aliphatic heterocycles. The van der Waals surface area contributed by atoms with Crippen LogP contribution in [0.2, 0.25) is 0 Å². The molecule has 1 saturated carbocycles. The number of hydrogen-bond donors (Lipinski definition) is 1. The van der Waals surface area contributed by atoms with Crippen molar-refractivity contribution in [3.05, 3.63) is 29.8 Å². The number of benzene rings is 1. The first-order valence-electron chi connectivity index (χ1n) is 6.80. The second-order valence-electron chi connectivity index (χ2n) is 5.09. The Morgan fingerprint density at radius 2 is 1.94 bits per heavy atom. The molecule has 2 heteroatoms. The molecule has 0 unspecified atom stereocenters. The number of rotatable bonds is 7. The molecule has 94 valence electrons. The lowest BCUT2D eigenvalue weighted by Crippen LogP contribution is -2.30. The molecule has 0 aromatic heterocycles. The smallest absolute Gasteiger partial charge is 0.0364 e. The maximum atomic E-state index is 3.53. The molecule has 2 rings (SSSR count). The van der Waals surface area contributed by atoms with Crippen LogP contribution in [-0.4, -0.2) is 26.7 Å². The highest BCUT2D eigenvalue weighted by molar-refractivity contribution is 5.46. The average Bonchev–Trinajstić information content (AvgIpc) is 3.18. The Kier molecular flexibility index (Phi) is 4.43. The minimum atomic E-state index is 0.976. The summed E-state index contributed by atoms with van der Waals surface area (Å²) in [5.74, 6) is 0.976. The molecule has 1 aliphatic carbocycles. The largest absolute Gasteiger partial charge is 0.373 e. The van der Waals surface area contributed by atoms with E-state index >= 15 is 0 Å². The third-order valence-corrected chi connectivity index (χ3v) is 3.54. The van der Waals surface area contributed by atoms with Crippen LogP contribution in [0.15, 0.2) is 24.3 Å². The Morgan fingerprint density at radius 3 is 2.53 bits per heavy atom. The van der Waals surface area contributed by atoms with Crippen molar-refractivity contribution < 1.29 is 0 Å². The van der Waals surface area contributed by atoms with Crippen molar-refractivity contribution in [2.24, 2.45) is 5.92 Å². The normalized spacial score (nSPS) is 14.9. The SMILES string of the molecule is CCc1ccc(N(C)CCNCC2CC2)cc1. The Balaban J connectivity index is 1.71.